The van der Waals surface area contributed by atoms with Crippen LogP contribution in [0.5, 0.6) is 0 Å². The number of aromatic nitrogens is 1. The molecule has 1 amide bonds. The van der Waals surface area contributed by atoms with Gasteiger partial charge in [-0.05, 0) is 24.1 Å². The summed E-state index contributed by atoms with van der Waals surface area (Å²) in [7, 11) is 0. The molecule has 0 bridgehead atoms. The van der Waals surface area contributed by atoms with Crippen LogP contribution in [0.25, 0.3) is 10.9 Å². The zero-order valence-electron chi connectivity index (χ0n) is 12.5. The Bertz CT molecular complexity index is 694. The van der Waals surface area contributed by atoms with Gasteiger partial charge in [-0.1, -0.05) is 31.5 Å². The minimum atomic E-state index is -1.01. The third-order valence-corrected chi connectivity index (χ3v) is 3.92. The molecule has 0 radical (unpaired) electrons. The predicted molar refractivity (Wildman–Crippen MR) is 86.0 cm³/mol. The SMILES string of the molecule is CC(C)C(NC(=O)CCn1ccc2c(Cl)cccc21)C(=O)O. The molecular formula is C16H19ClN2O3. The number of nitrogens with zero attached hydrogens (tertiary/aromatic N) is 1. The van der Waals surface area contributed by atoms with Gasteiger partial charge in [0.25, 0.3) is 0 Å². The lowest BCUT2D eigenvalue weighted by molar-refractivity contribution is -0.143. The number of aryl methyl sites for hydroxylation is 1. The summed E-state index contributed by atoms with van der Waals surface area (Å²) in [6.07, 6.45) is 2.09. The number of carbonyl (C=O) groups excluding carboxylic acids is 1. The fourth-order valence-corrected chi connectivity index (χ4v) is 2.59. The molecule has 1 atom stereocenters. The monoisotopic (exact) mass is 322 g/mol. The van der Waals surface area contributed by atoms with E-state index >= 15 is 0 Å². The molecule has 1 aromatic heterocycles. The normalized spacial score (nSPS) is 12.5. The van der Waals surface area contributed by atoms with Crippen molar-refractivity contribution in [3.05, 3.63) is 35.5 Å². The molecule has 2 rings (SSSR count). The Balaban J connectivity index is 2.01. The van der Waals surface area contributed by atoms with E-state index in [1.165, 1.54) is 0 Å². The van der Waals surface area contributed by atoms with Crippen LogP contribution in [0.4, 0.5) is 0 Å². The van der Waals surface area contributed by atoms with Crippen LogP contribution in [0.1, 0.15) is 20.3 Å². The summed E-state index contributed by atoms with van der Waals surface area (Å²) in [6, 6.07) is 6.67. The van der Waals surface area contributed by atoms with Crippen molar-refractivity contribution in [2.75, 3.05) is 0 Å². The summed E-state index contributed by atoms with van der Waals surface area (Å²) in [5, 5.41) is 13.3. The maximum Gasteiger partial charge on any atom is 0.326 e. The molecule has 0 aliphatic carbocycles. The molecule has 22 heavy (non-hydrogen) atoms. The summed E-state index contributed by atoms with van der Waals surface area (Å²) in [6.45, 7) is 4.00. The summed E-state index contributed by atoms with van der Waals surface area (Å²) in [5.74, 6) is -1.45. The molecule has 0 fully saturated rings. The van der Waals surface area contributed by atoms with Crippen molar-refractivity contribution in [3.63, 3.8) is 0 Å². The number of hydrogen-bond acceptors (Lipinski definition) is 2. The van der Waals surface area contributed by atoms with Crippen LogP contribution in [0.3, 0.4) is 0 Å². The standard InChI is InChI=1S/C16H19ClN2O3/c1-10(2)15(16(21)22)18-14(20)7-9-19-8-6-11-12(17)4-3-5-13(11)19/h3-6,8,10,15H,7,9H2,1-2H3,(H,18,20)(H,21,22). The number of rotatable bonds is 6. The third kappa shape index (κ3) is 3.60. The van der Waals surface area contributed by atoms with E-state index in [1.807, 2.05) is 35.0 Å². The molecule has 0 aliphatic rings. The van der Waals surface area contributed by atoms with Gasteiger partial charge in [-0.3, -0.25) is 4.79 Å². The average Bonchev–Trinajstić information content (AvgIpc) is 2.86. The van der Waals surface area contributed by atoms with Crippen molar-refractivity contribution in [3.8, 4) is 0 Å². The molecule has 0 saturated heterocycles. The molecule has 5 nitrogen and oxygen atoms in total. The van der Waals surface area contributed by atoms with Crippen LogP contribution >= 0.6 is 11.6 Å². The molecule has 2 N–H and O–H groups in total. The Morgan fingerprint density at radius 3 is 2.68 bits per heavy atom. The van der Waals surface area contributed by atoms with Crippen molar-refractivity contribution < 1.29 is 14.7 Å². The zero-order valence-corrected chi connectivity index (χ0v) is 13.3. The highest BCUT2D eigenvalue weighted by atomic mass is 35.5. The fraction of sp³-hybridized carbons (Fsp3) is 0.375. The summed E-state index contributed by atoms with van der Waals surface area (Å²) >= 11 is 6.11. The van der Waals surface area contributed by atoms with Crippen molar-refractivity contribution >= 4 is 34.4 Å². The Hall–Kier alpha value is -2.01. The molecule has 6 heteroatoms. The highest BCUT2D eigenvalue weighted by molar-refractivity contribution is 6.35. The first-order valence-electron chi connectivity index (χ1n) is 7.15. The van der Waals surface area contributed by atoms with Crippen molar-refractivity contribution in [1.82, 2.24) is 9.88 Å². The van der Waals surface area contributed by atoms with E-state index in [4.69, 9.17) is 16.7 Å². The largest absolute Gasteiger partial charge is 0.480 e. The van der Waals surface area contributed by atoms with Gasteiger partial charge >= 0.3 is 5.97 Å². The highest BCUT2D eigenvalue weighted by Gasteiger charge is 2.23. The predicted octanol–water partition coefficient (Wildman–Crippen LogP) is 2.91. The number of carboxylic acids is 1. The Morgan fingerprint density at radius 2 is 2.05 bits per heavy atom. The molecule has 1 aromatic carbocycles. The number of hydrogen-bond donors (Lipinski definition) is 2. The lowest BCUT2D eigenvalue weighted by Gasteiger charge is -2.18. The Labute approximate surface area is 133 Å². The number of benzene rings is 1. The lowest BCUT2D eigenvalue weighted by Crippen LogP contribution is -2.44. The van der Waals surface area contributed by atoms with E-state index in [0.29, 0.717) is 11.6 Å². The topological polar surface area (TPSA) is 71.3 Å². The molecule has 0 aliphatic heterocycles. The number of carbonyl (C=O) groups is 2. The van der Waals surface area contributed by atoms with Crippen LogP contribution in [0.15, 0.2) is 30.5 Å². The maximum atomic E-state index is 11.9. The fourth-order valence-electron chi connectivity index (χ4n) is 2.36. The number of aliphatic carboxylic acids is 1. The van der Waals surface area contributed by atoms with Crippen LogP contribution in [-0.4, -0.2) is 27.6 Å². The molecule has 118 valence electrons. The summed E-state index contributed by atoms with van der Waals surface area (Å²) < 4.78 is 1.94. The minimum Gasteiger partial charge on any atom is -0.480 e. The van der Waals surface area contributed by atoms with Crippen LogP contribution < -0.4 is 5.32 Å². The number of carboxylic acid groups (broad SMARTS) is 1. The molecule has 0 saturated carbocycles. The van der Waals surface area contributed by atoms with E-state index in [-0.39, 0.29) is 18.2 Å². The first-order valence-corrected chi connectivity index (χ1v) is 7.53. The number of fused-ring (bicyclic) bond motifs is 1. The minimum absolute atomic E-state index is 0.160. The summed E-state index contributed by atoms with van der Waals surface area (Å²) in [4.78, 5) is 23.0. The van der Waals surface area contributed by atoms with Gasteiger partial charge in [-0.25, -0.2) is 4.79 Å². The Kier molecular flexibility index (Phi) is 5.08. The number of halogens is 1. The van der Waals surface area contributed by atoms with E-state index in [1.54, 1.807) is 13.8 Å². The summed E-state index contributed by atoms with van der Waals surface area (Å²) in [5.41, 5.74) is 0.957. The van der Waals surface area contributed by atoms with E-state index in [9.17, 15) is 9.59 Å². The van der Waals surface area contributed by atoms with Crippen LogP contribution in [0, 0.1) is 5.92 Å². The molecule has 0 spiro atoms. The maximum absolute atomic E-state index is 11.9. The second-order valence-electron chi connectivity index (χ2n) is 5.56. The number of amides is 1. The van der Waals surface area contributed by atoms with E-state index < -0.39 is 12.0 Å². The highest BCUT2D eigenvalue weighted by Crippen LogP contribution is 2.24. The van der Waals surface area contributed by atoms with Crippen LogP contribution in [0.2, 0.25) is 5.02 Å². The van der Waals surface area contributed by atoms with Gasteiger partial charge in [0.05, 0.1) is 0 Å². The van der Waals surface area contributed by atoms with Crippen molar-refractivity contribution in [2.24, 2.45) is 5.92 Å². The second-order valence-corrected chi connectivity index (χ2v) is 5.97. The molecular weight excluding hydrogens is 304 g/mol. The molecule has 1 heterocycles. The lowest BCUT2D eigenvalue weighted by atomic mass is 10.0. The zero-order chi connectivity index (χ0) is 16.3. The van der Waals surface area contributed by atoms with Gasteiger partial charge in [-0.2, -0.15) is 0 Å². The number of nitrogens with one attached hydrogen (secondary N) is 1. The van der Waals surface area contributed by atoms with Crippen LogP contribution in [-0.2, 0) is 16.1 Å². The quantitative estimate of drug-likeness (QED) is 0.859. The van der Waals surface area contributed by atoms with Gasteiger partial charge in [0.15, 0.2) is 0 Å². The molecule has 1 unspecified atom stereocenters. The van der Waals surface area contributed by atoms with Crippen molar-refractivity contribution in [1.29, 1.82) is 0 Å². The van der Waals surface area contributed by atoms with Gasteiger partial charge in [0.1, 0.15) is 6.04 Å². The van der Waals surface area contributed by atoms with E-state index in [0.717, 1.165) is 10.9 Å². The Morgan fingerprint density at radius 1 is 1.32 bits per heavy atom. The smallest absolute Gasteiger partial charge is 0.326 e. The van der Waals surface area contributed by atoms with Crippen molar-refractivity contribution in [2.45, 2.75) is 32.9 Å². The van der Waals surface area contributed by atoms with Gasteiger partial charge in [0.2, 0.25) is 5.91 Å². The molecule has 2 aromatic rings. The van der Waals surface area contributed by atoms with E-state index in [2.05, 4.69) is 5.32 Å². The van der Waals surface area contributed by atoms with Gasteiger partial charge < -0.3 is 15.0 Å². The first kappa shape index (κ1) is 16.4. The van der Waals surface area contributed by atoms with Gasteiger partial charge in [-0.15, -0.1) is 0 Å². The average molecular weight is 323 g/mol. The first-order chi connectivity index (χ1) is 10.4. The van der Waals surface area contributed by atoms with Gasteiger partial charge in [0, 0.05) is 35.1 Å². The second kappa shape index (κ2) is 6.83. The third-order valence-electron chi connectivity index (χ3n) is 3.59.